The quantitative estimate of drug-likeness (QED) is 0.617. The highest BCUT2D eigenvalue weighted by Crippen LogP contribution is 2.45. The maximum atomic E-state index is 11.3. The van der Waals surface area contributed by atoms with Gasteiger partial charge in [-0.2, -0.15) is 0 Å². The van der Waals surface area contributed by atoms with E-state index in [0.717, 1.165) is 11.4 Å². The van der Waals surface area contributed by atoms with Gasteiger partial charge in [-0.25, -0.2) is 14.8 Å². The van der Waals surface area contributed by atoms with Crippen molar-refractivity contribution < 1.29 is 14.3 Å². The Labute approximate surface area is 140 Å². The summed E-state index contributed by atoms with van der Waals surface area (Å²) in [7, 11) is 3.00. The normalized spacial score (nSPS) is 12.9. The van der Waals surface area contributed by atoms with Crippen molar-refractivity contribution in [2.45, 2.75) is 0 Å². The van der Waals surface area contributed by atoms with Crippen LogP contribution in [0.15, 0.2) is 48.8 Å². The van der Waals surface area contributed by atoms with Gasteiger partial charge in [-0.3, -0.25) is 4.90 Å². The van der Waals surface area contributed by atoms with E-state index in [9.17, 15) is 4.79 Å². The van der Waals surface area contributed by atoms with Crippen molar-refractivity contribution in [3.8, 4) is 0 Å². The van der Waals surface area contributed by atoms with Gasteiger partial charge in [0.1, 0.15) is 6.73 Å². The number of rotatable bonds is 5. The molecule has 0 fully saturated rings. The topological polar surface area (TPSA) is 67.8 Å². The van der Waals surface area contributed by atoms with E-state index in [-0.39, 0.29) is 5.97 Å². The Morgan fingerprint density at radius 2 is 1.71 bits per heavy atom. The zero-order chi connectivity index (χ0) is 16.9. The number of nitrogens with zero attached hydrogens (tertiary/aromatic N) is 4. The largest absolute Gasteiger partial charge is 0.466 e. The predicted molar refractivity (Wildman–Crippen MR) is 90.7 cm³/mol. The van der Waals surface area contributed by atoms with E-state index in [1.165, 1.54) is 13.2 Å². The number of benzene rings is 1. The van der Waals surface area contributed by atoms with Crippen LogP contribution in [0.25, 0.3) is 0 Å². The van der Waals surface area contributed by atoms with Crippen molar-refractivity contribution in [2.24, 2.45) is 0 Å². The SMILES string of the molecule is COCN1c2ccccc2N(CC=CC(=O)OC)c2nccnc21. The van der Waals surface area contributed by atoms with Gasteiger partial charge in [-0.05, 0) is 12.1 Å². The maximum Gasteiger partial charge on any atom is 0.330 e. The molecular weight excluding hydrogens is 308 g/mol. The van der Waals surface area contributed by atoms with Crippen LogP contribution in [0.3, 0.4) is 0 Å². The molecule has 0 bridgehead atoms. The monoisotopic (exact) mass is 326 g/mol. The number of carbonyl (C=O) groups excluding carboxylic acids is 1. The van der Waals surface area contributed by atoms with Crippen molar-refractivity contribution in [3.63, 3.8) is 0 Å². The summed E-state index contributed by atoms with van der Waals surface area (Å²) in [4.78, 5) is 24.2. The highest BCUT2D eigenvalue weighted by atomic mass is 16.5. The first-order valence-corrected chi connectivity index (χ1v) is 7.44. The number of aromatic nitrogens is 2. The van der Waals surface area contributed by atoms with Crippen LogP contribution < -0.4 is 9.80 Å². The van der Waals surface area contributed by atoms with E-state index in [4.69, 9.17) is 4.74 Å². The molecule has 7 heteroatoms. The van der Waals surface area contributed by atoms with E-state index >= 15 is 0 Å². The number of hydrogen-bond acceptors (Lipinski definition) is 7. The number of esters is 1. The molecule has 0 radical (unpaired) electrons. The zero-order valence-electron chi connectivity index (χ0n) is 13.5. The van der Waals surface area contributed by atoms with Gasteiger partial charge in [0.2, 0.25) is 0 Å². The van der Waals surface area contributed by atoms with Gasteiger partial charge in [-0.1, -0.05) is 18.2 Å². The number of hydrogen-bond donors (Lipinski definition) is 0. The standard InChI is InChI=1S/C17H18N4O3/c1-23-12-21-14-7-4-3-6-13(14)20(11-5-8-15(22)24-2)16-17(21)19-10-9-18-16/h3-10H,11-12H2,1-2H3. The second-order valence-electron chi connectivity index (χ2n) is 5.07. The fourth-order valence-corrected chi connectivity index (χ4v) is 2.62. The van der Waals surface area contributed by atoms with E-state index in [1.807, 2.05) is 34.1 Å². The summed E-state index contributed by atoms with van der Waals surface area (Å²) >= 11 is 0. The second-order valence-corrected chi connectivity index (χ2v) is 5.07. The smallest absolute Gasteiger partial charge is 0.330 e. The number of fused-ring (bicyclic) bond motifs is 2. The number of ether oxygens (including phenoxy) is 2. The van der Waals surface area contributed by atoms with Crippen LogP contribution in [0.5, 0.6) is 0 Å². The molecule has 0 aliphatic carbocycles. The Kier molecular flexibility index (Phi) is 4.72. The molecule has 2 heterocycles. The van der Waals surface area contributed by atoms with Crippen LogP contribution in [-0.4, -0.2) is 43.4 Å². The van der Waals surface area contributed by atoms with E-state index in [1.54, 1.807) is 25.6 Å². The lowest BCUT2D eigenvalue weighted by Crippen LogP contribution is -2.32. The molecule has 0 atom stereocenters. The fourth-order valence-electron chi connectivity index (χ4n) is 2.62. The Hall–Kier alpha value is -2.93. The molecule has 0 amide bonds. The lowest BCUT2D eigenvalue weighted by Gasteiger charge is -2.37. The molecule has 0 saturated heterocycles. The predicted octanol–water partition coefficient (Wildman–Crippen LogP) is 2.40. The summed E-state index contributed by atoms with van der Waals surface area (Å²) in [6.07, 6.45) is 6.44. The lowest BCUT2D eigenvalue weighted by molar-refractivity contribution is -0.134. The van der Waals surface area contributed by atoms with Crippen molar-refractivity contribution in [2.75, 3.05) is 37.3 Å². The molecule has 1 aliphatic heterocycles. The van der Waals surface area contributed by atoms with Crippen LogP contribution in [0.4, 0.5) is 23.0 Å². The Bertz CT molecular complexity index is 716. The van der Waals surface area contributed by atoms with Gasteiger partial charge in [-0.15, -0.1) is 0 Å². The van der Waals surface area contributed by atoms with Crippen LogP contribution in [0, 0.1) is 0 Å². The number of para-hydroxylation sites is 2. The number of anilines is 4. The van der Waals surface area contributed by atoms with Crippen LogP contribution in [-0.2, 0) is 14.3 Å². The average Bonchev–Trinajstić information content (AvgIpc) is 2.63. The van der Waals surface area contributed by atoms with E-state index in [0.29, 0.717) is 24.9 Å². The Balaban J connectivity index is 2.02. The van der Waals surface area contributed by atoms with Crippen molar-refractivity contribution in [1.29, 1.82) is 0 Å². The van der Waals surface area contributed by atoms with Crippen molar-refractivity contribution in [1.82, 2.24) is 9.97 Å². The number of carbonyl (C=O) groups is 1. The molecule has 0 N–H and O–H groups in total. The molecule has 0 unspecified atom stereocenters. The average molecular weight is 326 g/mol. The fraction of sp³-hybridized carbons (Fsp3) is 0.235. The summed E-state index contributed by atoms with van der Waals surface area (Å²) in [5.41, 5.74) is 1.94. The minimum Gasteiger partial charge on any atom is -0.466 e. The minimum atomic E-state index is -0.388. The first kappa shape index (κ1) is 15.9. The highest BCUT2D eigenvalue weighted by molar-refractivity contribution is 5.90. The molecule has 0 saturated carbocycles. The first-order valence-electron chi connectivity index (χ1n) is 7.44. The summed E-state index contributed by atoms with van der Waals surface area (Å²) in [6.45, 7) is 0.840. The third-order valence-electron chi connectivity index (χ3n) is 3.64. The maximum absolute atomic E-state index is 11.3. The Morgan fingerprint density at radius 3 is 2.33 bits per heavy atom. The van der Waals surface area contributed by atoms with E-state index < -0.39 is 0 Å². The first-order chi connectivity index (χ1) is 11.8. The van der Waals surface area contributed by atoms with Crippen LogP contribution >= 0.6 is 0 Å². The molecule has 0 spiro atoms. The molecule has 7 nitrogen and oxygen atoms in total. The van der Waals surface area contributed by atoms with Gasteiger partial charge in [0.25, 0.3) is 0 Å². The molecule has 1 aromatic carbocycles. The molecule has 3 rings (SSSR count). The van der Waals surface area contributed by atoms with Gasteiger partial charge in [0, 0.05) is 32.1 Å². The molecule has 1 aromatic heterocycles. The van der Waals surface area contributed by atoms with Gasteiger partial charge in [0.05, 0.1) is 18.5 Å². The van der Waals surface area contributed by atoms with Gasteiger partial charge in [0.15, 0.2) is 11.6 Å². The Morgan fingerprint density at radius 1 is 1.08 bits per heavy atom. The summed E-state index contributed by atoms with van der Waals surface area (Å²) in [5, 5.41) is 0. The third kappa shape index (κ3) is 2.93. The summed E-state index contributed by atoms with van der Waals surface area (Å²) in [5.74, 6) is 1.04. The molecule has 1 aliphatic rings. The summed E-state index contributed by atoms with van der Waals surface area (Å²) < 4.78 is 9.95. The molecule has 124 valence electrons. The van der Waals surface area contributed by atoms with Crippen molar-refractivity contribution >= 4 is 29.0 Å². The van der Waals surface area contributed by atoms with Crippen molar-refractivity contribution in [3.05, 3.63) is 48.8 Å². The highest BCUT2D eigenvalue weighted by Gasteiger charge is 2.29. The second kappa shape index (κ2) is 7.10. The molecular formula is C17H18N4O3. The van der Waals surface area contributed by atoms with Gasteiger partial charge >= 0.3 is 5.97 Å². The summed E-state index contributed by atoms with van der Waals surface area (Å²) in [6, 6.07) is 7.93. The van der Waals surface area contributed by atoms with Crippen LogP contribution in [0.1, 0.15) is 0 Å². The molecule has 2 aromatic rings. The van der Waals surface area contributed by atoms with Crippen LogP contribution in [0.2, 0.25) is 0 Å². The van der Waals surface area contributed by atoms with E-state index in [2.05, 4.69) is 14.7 Å². The van der Waals surface area contributed by atoms with Gasteiger partial charge < -0.3 is 14.4 Å². The third-order valence-corrected chi connectivity index (χ3v) is 3.64. The number of methoxy groups -OCH3 is 2. The molecule has 24 heavy (non-hydrogen) atoms. The zero-order valence-corrected chi connectivity index (χ0v) is 13.5. The lowest BCUT2D eigenvalue weighted by atomic mass is 10.1. The minimum absolute atomic E-state index is 0.370.